The summed E-state index contributed by atoms with van der Waals surface area (Å²) in [6.45, 7) is 4.09. The summed E-state index contributed by atoms with van der Waals surface area (Å²) in [5, 5.41) is 9.38. The highest BCUT2D eigenvalue weighted by molar-refractivity contribution is 5.94. The molecule has 6 heteroatoms. The van der Waals surface area contributed by atoms with Gasteiger partial charge < -0.3 is 20.7 Å². The van der Waals surface area contributed by atoms with Crippen molar-refractivity contribution in [2.75, 3.05) is 32.1 Å². The standard InChI is InChI=1S/C20H29N3O3/c1-14(22-19(25)20(13-26-2)9-11-21-12-10-20)15-5-7-17(8-6-15)23-18(24)16-3-4-16/h5-8,14,16,21H,3-4,9-13H2,1-2H3,(H,22,25)(H,23,24). The minimum absolute atomic E-state index is 0.0551. The smallest absolute Gasteiger partial charge is 0.229 e. The maximum absolute atomic E-state index is 12.9. The molecule has 3 rings (SSSR count). The Morgan fingerprint density at radius 2 is 1.88 bits per heavy atom. The third-order valence-electron chi connectivity index (χ3n) is 5.44. The van der Waals surface area contributed by atoms with Gasteiger partial charge in [-0.3, -0.25) is 9.59 Å². The molecule has 3 N–H and O–H groups in total. The van der Waals surface area contributed by atoms with Crippen molar-refractivity contribution in [3.05, 3.63) is 29.8 Å². The molecule has 2 fully saturated rings. The van der Waals surface area contributed by atoms with Crippen LogP contribution >= 0.6 is 0 Å². The van der Waals surface area contributed by atoms with Gasteiger partial charge in [-0.05, 0) is 63.4 Å². The Kier molecular flexibility index (Phi) is 5.94. The molecule has 0 radical (unpaired) electrons. The first-order valence-corrected chi connectivity index (χ1v) is 9.45. The first-order chi connectivity index (χ1) is 12.5. The fourth-order valence-electron chi connectivity index (χ4n) is 3.50. The van der Waals surface area contributed by atoms with Crippen LogP contribution < -0.4 is 16.0 Å². The second-order valence-electron chi connectivity index (χ2n) is 7.54. The number of methoxy groups -OCH3 is 1. The minimum atomic E-state index is -0.452. The quantitative estimate of drug-likeness (QED) is 0.697. The number of carbonyl (C=O) groups is 2. The average Bonchev–Trinajstić information content (AvgIpc) is 3.48. The normalized spacial score (nSPS) is 20.2. The van der Waals surface area contributed by atoms with Gasteiger partial charge in [0.2, 0.25) is 11.8 Å². The molecule has 26 heavy (non-hydrogen) atoms. The molecule has 2 aliphatic rings. The number of amides is 2. The van der Waals surface area contributed by atoms with Crippen molar-refractivity contribution in [2.24, 2.45) is 11.3 Å². The predicted octanol–water partition coefficient (Wildman–Crippen LogP) is 2.23. The van der Waals surface area contributed by atoms with Gasteiger partial charge in [0.15, 0.2) is 0 Å². The van der Waals surface area contributed by atoms with Crippen LogP contribution in [0.15, 0.2) is 24.3 Å². The van der Waals surface area contributed by atoms with Gasteiger partial charge in [-0.25, -0.2) is 0 Å². The van der Waals surface area contributed by atoms with Crippen molar-refractivity contribution in [3.8, 4) is 0 Å². The summed E-state index contributed by atoms with van der Waals surface area (Å²) in [6, 6.07) is 7.61. The molecule has 1 aliphatic heterocycles. The van der Waals surface area contributed by atoms with E-state index < -0.39 is 5.41 Å². The Balaban J connectivity index is 1.60. The third kappa shape index (κ3) is 4.43. The summed E-state index contributed by atoms with van der Waals surface area (Å²) in [7, 11) is 1.65. The molecule has 0 spiro atoms. The van der Waals surface area contributed by atoms with E-state index in [-0.39, 0.29) is 23.8 Å². The van der Waals surface area contributed by atoms with Crippen LogP contribution in [0.2, 0.25) is 0 Å². The second kappa shape index (κ2) is 8.18. The number of hydrogen-bond acceptors (Lipinski definition) is 4. The van der Waals surface area contributed by atoms with E-state index in [1.54, 1.807) is 7.11 Å². The molecule has 1 saturated heterocycles. The van der Waals surface area contributed by atoms with Crippen LogP contribution in [-0.2, 0) is 14.3 Å². The van der Waals surface area contributed by atoms with Crippen LogP contribution in [0.25, 0.3) is 0 Å². The van der Waals surface area contributed by atoms with Gasteiger partial charge in [0.25, 0.3) is 0 Å². The molecule has 2 amide bonds. The van der Waals surface area contributed by atoms with E-state index >= 15 is 0 Å². The summed E-state index contributed by atoms with van der Waals surface area (Å²) in [5.41, 5.74) is 1.37. The van der Waals surface area contributed by atoms with Gasteiger partial charge in [0.05, 0.1) is 18.1 Å². The van der Waals surface area contributed by atoms with Crippen molar-refractivity contribution in [2.45, 2.75) is 38.6 Å². The van der Waals surface area contributed by atoms with Crippen LogP contribution in [0, 0.1) is 11.3 Å². The van der Waals surface area contributed by atoms with Crippen LogP contribution in [0.1, 0.15) is 44.2 Å². The van der Waals surface area contributed by atoms with E-state index in [4.69, 9.17) is 4.74 Å². The molecule has 1 aliphatic carbocycles. The molecule has 1 heterocycles. The summed E-state index contributed by atoms with van der Waals surface area (Å²) >= 11 is 0. The monoisotopic (exact) mass is 359 g/mol. The number of piperidine rings is 1. The largest absolute Gasteiger partial charge is 0.384 e. The first kappa shape index (κ1) is 18.9. The maximum Gasteiger partial charge on any atom is 0.229 e. The summed E-state index contributed by atoms with van der Waals surface area (Å²) in [6.07, 6.45) is 3.55. The fourth-order valence-corrected chi connectivity index (χ4v) is 3.50. The van der Waals surface area contributed by atoms with Gasteiger partial charge in [-0.15, -0.1) is 0 Å². The zero-order valence-corrected chi connectivity index (χ0v) is 15.6. The molecular formula is C20H29N3O3. The number of ether oxygens (including phenoxy) is 1. The van der Waals surface area contributed by atoms with E-state index in [0.29, 0.717) is 6.61 Å². The van der Waals surface area contributed by atoms with Crippen LogP contribution in [0.3, 0.4) is 0 Å². The number of rotatable bonds is 7. The number of hydrogen-bond donors (Lipinski definition) is 3. The molecule has 1 aromatic rings. The first-order valence-electron chi connectivity index (χ1n) is 9.45. The Hall–Kier alpha value is -1.92. The zero-order chi connectivity index (χ0) is 18.6. The highest BCUT2D eigenvalue weighted by Crippen LogP contribution is 2.31. The van der Waals surface area contributed by atoms with E-state index in [1.165, 1.54) is 0 Å². The summed E-state index contributed by atoms with van der Waals surface area (Å²) in [4.78, 5) is 24.7. The molecule has 0 aromatic heterocycles. The maximum atomic E-state index is 12.9. The lowest BCUT2D eigenvalue weighted by atomic mass is 9.78. The lowest BCUT2D eigenvalue weighted by Crippen LogP contribution is -2.50. The molecule has 1 aromatic carbocycles. The number of nitrogens with one attached hydrogen (secondary N) is 3. The summed E-state index contributed by atoms with van der Waals surface area (Å²) < 4.78 is 5.34. The molecular weight excluding hydrogens is 330 g/mol. The van der Waals surface area contributed by atoms with E-state index in [9.17, 15) is 9.59 Å². The second-order valence-corrected chi connectivity index (χ2v) is 7.54. The Morgan fingerprint density at radius 3 is 2.46 bits per heavy atom. The highest BCUT2D eigenvalue weighted by Gasteiger charge is 2.40. The number of benzene rings is 1. The molecule has 6 nitrogen and oxygen atoms in total. The van der Waals surface area contributed by atoms with Crippen molar-refractivity contribution >= 4 is 17.5 Å². The van der Waals surface area contributed by atoms with Gasteiger partial charge >= 0.3 is 0 Å². The predicted molar refractivity (Wildman–Crippen MR) is 101 cm³/mol. The van der Waals surface area contributed by atoms with Crippen molar-refractivity contribution < 1.29 is 14.3 Å². The average molecular weight is 359 g/mol. The topological polar surface area (TPSA) is 79.5 Å². The van der Waals surface area contributed by atoms with Gasteiger partial charge in [0.1, 0.15) is 0 Å². The highest BCUT2D eigenvalue weighted by atomic mass is 16.5. The van der Waals surface area contributed by atoms with Gasteiger partial charge in [-0.1, -0.05) is 12.1 Å². The molecule has 142 valence electrons. The Labute approximate surface area is 155 Å². The Bertz CT molecular complexity index is 629. The van der Waals surface area contributed by atoms with Crippen molar-refractivity contribution in [3.63, 3.8) is 0 Å². The lowest BCUT2D eigenvalue weighted by molar-refractivity contribution is -0.136. The minimum Gasteiger partial charge on any atom is -0.384 e. The number of anilines is 1. The van der Waals surface area contributed by atoms with E-state index in [1.807, 2.05) is 31.2 Å². The molecule has 1 atom stereocenters. The third-order valence-corrected chi connectivity index (χ3v) is 5.44. The van der Waals surface area contributed by atoms with Gasteiger partial charge in [0, 0.05) is 18.7 Å². The Morgan fingerprint density at radius 1 is 1.23 bits per heavy atom. The van der Waals surface area contributed by atoms with Crippen molar-refractivity contribution in [1.82, 2.24) is 10.6 Å². The fraction of sp³-hybridized carbons (Fsp3) is 0.600. The zero-order valence-electron chi connectivity index (χ0n) is 15.6. The van der Waals surface area contributed by atoms with E-state index in [0.717, 1.165) is 50.0 Å². The van der Waals surface area contributed by atoms with Gasteiger partial charge in [-0.2, -0.15) is 0 Å². The van der Waals surface area contributed by atoms with Crippen LogP contribution in [-0.4, -0.2) is 38.6 Å². The van der Waals surface area contributed by atoms with Crippen molar-refractivity contribution in [1.29, 1.82) is 0 Å². The molecule has 1 unspecified atom stereocenters. The lowest BCUT2D eigenvalue weighted by Gasteiger charge is -2.36. The van der Waals surface area contributed by atoms with Crippen LogP contribution in [0.5, 0.6) is 0 Å². The molecule has 1 saturated carbocycles. The number of carbonyl (C=O) groups excluding carboxylic acids is 2. The van der Waals surface area contributed by atoms with Crippen LogP contribution in [0.4, 0.5) is 5.69 Å². The SMILES string of the molecule is COCC1(C(=O)NC(C)c2ccc(NC(=O)C3CC3)cc2)CCNCC1. The molecule has 0 bridgehead atoms. The summed E-state index contributed by atoms with van der Waals surface area (Å²) in [5.74, 6) is 0.348. The van der Waals surface area contributed by atoms with E-state index in [2.05, 4.69) is 16.0 Å².